The van der Waals surface area contributed by atoms with Gasteiger partial charge in [0, 0.05) is 23.8 Å². The van der Waals surface area contributed by atoms with Gasteiger partial charge in [-0.15, -0.1) is 11.3 Å². The minimum absolute atomic E-state index is 0.125. The van der Waals surface area contributed by atoms with Crippen molar-refractivity contribution in [1.82, 2.24) is 4.98 Å². The van der Waals surface area contributed by atoms with E-state index in [-0.39, 0.29) is 18.0 Å². The third kappa shape index (κ3) is 2.87. The van der Waals surface area contributed by atoms with Crippen molar-refractivity contribution in [3.05, 3.63) is 40.9 Å². The van der Waals surface area contributed by atoms with Crippen molar-refractivity contribution in [1.29, 1.82) is 0 Å². The number of hydrogen-bond acceptors (Lipinski definition) is 5. The Bertz CT molecular complexity index is 685. The molecule has 0 saturated heterocycles. The molecule has 21 heavy (non-hydrogen) atoms. The van der Waals surface area contributed by atoms with E-state index in [1.165, 1.54) is 11.3 Å². The fraction of sp³-hybridized carbons (Fsp3) is 0.214. The molecule has 1 aliphatic heterocycles. The molecule has 0 unspecified atom stereocenters. The van der Waals surface area contributed by atoms with Crippen molar-refractivity contribution in [2.24, 2.45) is 0 Å². The van der Waals surface area contributed by atoms with E-state index in [0.29, 0.717) is 11.7 Å². The number of benzene rings is 1. The van der Waals surface area contributed by atoms with Crippen LogP contribution in [-0.2, 0) is 11.2 Å². The van der Waals surface area contributed by atoms with Gasteiger partial charge in [-0.2, -0.15) is 0 Å². The lowest BCUT2D eigenvalue weighted by Crippen LogP contribution is -2.31. The fourth-order valence-corrected chi connectivity index (χ4v) is 2.93. The summed E-state index contributed by atoms with van der Waals surface area (Å²) < 4.78 is 0. The number of amides is 1. The molecule has 2 N–H and O–H groups in total. The van der Waals surface area contributed by atoms with Crippen LogP contribution in [-0.4, -0.2) is 35.1 Å². The summed E-state index contributed by atoms with van der Waals surface area (Å²) in [5.74, 6) is -1.06. The Kier molecular flexibility index (Phi) is 3.57. The van der Waals surface area contributed by atoms with Crippen LogP contribution in [0.15, 0.2) is 29.8 Å². The highest BCUT2D eigenvalue weighted by Crippen LogP contribution is 2.28. The van der Waals surface area contributed by atoms with Crippen molar-refractivity contribution in [2.45, 2.75) is 6.42 Å². The van der Waals surface area contributed by atoms with E-state index in [1.807, 2.05) is 4.90 Å². The molecule has 6 nitrogen and oxygen atoms in total. The number of nitrogens with one attached hydrogen (secondary N) is 1. The van der Waals surface area contributed by atoms with Crippen LogP contribution in [0.2, 0.25) is 0 Å². The first-order chi connectivity index (χ1) is 10.1. The molecule has 0 aliphatic carbocycles. The first-order valence-electron chi connectivity index (χ1n) is 6.44. The Balaban J connectivity index is 1.70. The standard InChI is InChI=1S/C14H13N3O3S/c18-12(16-14-15-4-6-21-14)8-17-5-3-9-7-10(13(19)20)1-2-11(9)17/h1-2,4,6-7H,3,5,8H2,(H,19,20)(H,15,16,18). The Hall–Kier alpha value is -2.41. The molecular formula is C14H13N3O3S. The minimum atomic E-state index is -0.933. The number of nitrogens with zero attached hydrogens (tertiary/aromatic N) is 2. The predicted molar refractivity (Wildman–Crippen MR) is 80.1 cm³/mol. The molecule has 0 spiro atoms. The van der Waals surface area contributed by atoms with Gasteiger partial charge in [0.05, 0.1) is 12.1 Å². The van der Waals surface area contributed by atoms with Gasteiger partial charge in [0.1, 0.15) is 0 Å². The molecule has 3 rings (SSSR count). The average Bonchev–Trinajstić information content (AvgIpc) is 3.08. The number of thiazole rings is 1. The summed E-state index contributed by atoms with van der Waals surface area (Å²) in [5, 5.41) is 14.1. The molecule has 0 fully saturated rings. The van der Waals surface area contributed by atoms with Gasteiger partial charge in [0.2, 0.25) is 5.91 Å². The first-order valence-corrected chi connectivity index (χ1v) is 7.32. The lowest BCUT2D eigenvalue weighted by Gasteiger charge is -2.18. The third-order valence-electron chi connectivity index (χ3n) is 3.33. The fourth-order valence-electron chi connectivity index (χ4n) is 2.38. The summed E-state index contributed by atoms with van der Waals surface area (Å²) in [6, 6.07) is 5.01. The molecule has 2 aromatic rings. The summed E-state index contributed by atoms with van der Waals surface area (Å²) in [6.45, 7) is 0.947. The summed E-state index contributed by atoms with van der Waals surface area (Å²) in [7, 11) is 0. The molecule has 1 aliphatic rings. The van der Waals surface area contributed by atoms with E-state index in [4.69, 9.17) is 5.11 Å². The molecule has 0 atom stereocenters. The molecule has 1 aromatic carbocycles. The van der Waals surface area contributed by atoms with Gasteiger partial charge >= 0.3 is 5.97 Å². The van der Waals surface area contributed by atoms with Crippen molar-refractivity contribution in [3.63, 3.8) is 0 Å². The van der Waals surface area contributed by atoms with Crippen molar-refractivity contribution >= 4 is 34.0 Å². The molecule has 0 radical (unpaired) electrons. The zero-order valence-electron chi connectivity index (χ0n) is 11.1. The van der Waals surface area contributed by atoms with Crippen LogP contribution in [0.5, 0.6) is 0 Å². The number of carbonyl (C=O) groups excluding carboxylic acids is 1. The van der Waals surface area contributed by atoms with Gasteiger partial charge in [-0.05, 0) is 30.2 Å². The number of carboxylic acid groups (broad SMARTS) is 1. The SMILES string of the molecule is O=C(CN1CCc2cc(C(=O)O)ccc21)Nc1nccs1. The van der Waals surface area contributed by atoms with Crippen LogP contribution in [0, 0.1) is 0 Å². The summed E-state index contributed by atoms with van der Waals surface area (Å²) >= 11 is 1.37. The predicted octanol–water partition coefficient (Wildman–Crippen LogP) is 1.84. The Morgan fingerprint density at radius 2 is 2.29 bits per heavy atom. The quantitative estimate of drug-likeness (QED) is 0.900. The number of carboxylic acids is 1. The van der Waals surface area contributed by atoms with Gasteiger partial charge < -0.3 is 15.3 Å². The number of fused-ring (bicyclic) bond motifs is 1. The molecule has 0 saturated carbocycles. The molecule has 1 aromatic heterocycles. The number of anilines is 2. The van der Waals surface area contributed by atoms with E-state index in [9.17, 15) is 9.59 Å². The van der Waals surface area contributed by atoms with Crippen molar-refractivity contribution in [3.8, 4) is 0 Å². The smallest absolute Gasteiger partial charge is 0.335 e. The van der Waals surface area contributed by atoms with Crippen LogP contribution in [0.1, 0.15) is 15.9 Å². The summed E-state index contributed by atoms with van der Waals surface area (Å²) in [6.07, 6.45) is 2.39. The topological polar surface area (TPSA) is 82.5 Å². The highest BCUT2D eigenvalue weighted by atomic mass is 32.1. The number of aromatic nitrogens is 1. The summed E-state index contributed by atoms with van der Waals surface area (Å²) in [4.78, 5) is 28.9. The normalized spacial score (nSPS) is 13.0. The second kappa shape index (κ2) is 5.53. The molecule has 2 heterocycles. The minimum Gasteiger partial charge on any atom is -0.478 e. The molecule has 108 valence electrons. The second-order valence-corrected chi connectivity index (χ2v) is 5.60. The van der Waals surface area contributed by atoms with E-state index >= 15 is 0 Å². The van der Waals surface area contributed by atoms with E-state index in [1.54, 1.807) is 29.8 Å². The number of rotatable bonds is 4. The number of carbonyl (C=O) groups is 2. The second-order valence-electron chi connectivity index (χ2n) is 4.71. The maximum absolute atomic E-state index is 12.0. The average molecular weight is 303 g/mol. The van der Waals surface area contributed by atoms with Gasteiger partial charge in [-0.1, -0.05) is 0 Å². The maximum Gasteiger partial charge on any atom is 0.335 e. The number of aromatic carboxylic acids is 1. The molecule has 7 heteroatoms. The van der Waals surface area contributed by atoms with Crippen LogP contribution in [0.25, 0.3) is 0 Å². The number of hydrogen-bond donors (Lipinski definition) is 2. The lowest BCUT2D eigenvalue weighted by atomic mass is 10.1. The lowest BCUT2D eigenvalue weighted by molar-refractivity contribution is -0.115. The Morgan fingerprint density at radius 1 is 1.43 bits per heavy atom. The first kappa shape index (κ1) is 13.6. The van der Waals surface area contributed by atoms with Crippen molar-refractivity contribution in [2.75, 3.05) is 23.3 Å². The van der Waals surface area contributed by atoms with E-state index in [2.05, 4.69) is 10.3 Å². The largest absolute Gasteiger partial charge is 0.478 e. The highest BCUT2D eigenvalue weighted by Gasteiger charge is 2.22. The van der Waals surface area contributed by atoms with E-state index in [0.717, 1.165) is 17.7 Å². The maximum atomic E-state index is 12.0. The van der Waals surface area contributed by atoms with Crippen LogP contribution in [0.3, 0.4) is 0 Å². The zero-order valence-corrected chi connectivity index (χ0v) is 11.9. The van der Waals surface area contributed by atoms with Gasteiger partial charge in [-0.25, -0.2) is 9.78 Å². The zero-order chi connectivity index (χ0) is 14.8. The Morgan fingerprint density at radius 3 is 3.00 bits per heavy atom. The van der Waals surface area contributed by atoms with Crippen LogP contribution >= 0.6 is 11.3 Å². The molecule has 1 amide bonds. The van der Waals surface area contributed by atoms with Crippen LogP contribution < -0.4 is 10.2 Å². The Labute approximate surface area is 125 Å². The third-order valence-corrected chi connectivity index (χ3v) is 4.02. The summed E-state index contributed by atoms with van der Waals surface area (Å²) in [5.41, 5.74) is 2.18. The van der Waals surface area contributed by atoms with Crippen LogP contribution in [0.4, 0.5) is 10.8 Å². The highest BCUT2D eigenvalue weighted by molar-refractivity contribution is 7.13. The van der Waals surface area contributed by atoms with Crippen molar-refractivity contribution < 1.29 is 14.7 Å². The van der Waals surface area contributed by atoms with Gasteiger partial charge in [0.25, 0.3) is 0 Å². The molecule has 0 bridgehead atoms. The monoisotopic (exact) mass is 303 g/mol. The van der Waals surface area contributed by atoms with Gasteiger partial charge in [0.15, 0.2) is 5.13 Å². The van der Waals surface area contributed by atoms with Gasteiger partial charge in [-0.3, -0.25) is 4.79 Å². The molecular weight excluding hydrogens is 290 g/mol. The van der Waals surface area contributed by atoms with E-state index < -0.39 is 5.97 Å².